The number of fused-ring (bicyclic) bond motifs is 1. The molecule has 0 N–H and O–H groups in total. The Balaban J connectivity index is 1.30. The highest BCUT2D eigenvalue weighted by Gasteiger charge is 2.29. The van der Waals surface area contributed by atoms with Crippen LogP contribution in [0.3, 0.4) is 0 Å². The lowest BCUT2D eigenvalue weighted by Gasteiger charge is -2.36. The minimum Gasteiger partial charge on any atom is -0.301 e. The normalized spacial score (nSPS) is 27.7. The van der Waals surface area contributed by atoms with Crippen molar-refractivity contribution in [2.45, 2.75) is 23.7 Å². The number of nitrogens with zero attached hydrogens (tertiary/aromatic N) is 2. The van der Waals surface area contributed by atoms with E-state index in [1.807, 2.05) is 11.8 Å². The first-order chi connectivity index (χ1) is 9.88. The van der Waals surface area contributed by atoms with Crippen LogP contribution in [0.4, 0.5) is 0 Å². The third-order valence-corrected chi connectivity index (χ3v) is 6.21. The SMILES string of the molecule is c1ccc2c(c1)SCC2CN1CCN(CC2CC2)CC1. The smallest absolute Gasteiger partial charge is 0.0110 e. The highest BCUT2D eigenvalue weighted by molar-refractivity contribution is 7.99. The number of hydrogen-bond donors (Lipinski definition) is 0. The zero-order valence-electron chi connectivity index (χ0n) is 12.1. The van der Waals surface area contributed by atoms with Crippen molar-refractivity contribution in [1.82, 2.24) is 9.80 Å². The highest BCUT2D eigenvalue weighted by Crippen LogP contribution is 2.39. The molecule has 1 atom stereocenters. The minimum atomic E-state index is 0.756. The molecule has 2 nitrogen and oxygen atoms in total. The molecule has 2 fully saturated rings. The Kier molecular flexibility index (Phi) is 3.76. The second kappa shape index (κ2) is 5.70. The molecular weight excluding hydrogens is 264 g/mol. The van der Waals surface area contributed by atoms with Gasteiger partial charge in [0.15, 0.2) is 0 Å². The van der Waals surface area contributed by atoms with Crippen LogP contribution in [-0.4, -0.2) is 54.8 Å². The van der Waals surface area contributed by atoms with Gasteiger partial charge in [0.25, 0.3) is 0 Å². The van der Waals surface area contributed by atoms with Gasteiger partial charge in [-0.3, -0.25) is 0 Å². The number of benzene rings is 1. The number of thioether (sulfide) groups is 1. The molecule has 108 valence electrons. The Morgan fingerprint density at radius 3 is 2.40 bits per heavy atom. The maximum Gasteiger partial charge on any atom is 0.0110 e. The van der Waals surface area contributed by atoms with Gasteiger partial charge in [0, 0.05) is 55.8 Å². The van der Waals surface area contributed by atoms with Gasteiger partial charge in [-0.1, -0.05) is 18.2 Å². The first-order valence-electron chi connectivity index (χ1n) is 8.05. The van der Waals surface area contributed by atoms with Crippen LogP contribution in [0, 0.1) is 5.92 Å². The maximum atomic E-state index is 2.69. The molecule has 1 aliphatic carbocycles. The van der Waals surface area contributed by atoms with Gasteiger partial charge in [0.1, 0.15) is 0 Å². The summed E-state index contributed by atoms with van der Waals surface area (Å²) in [6.07, 6.45) is 2.96. The van der Waals surface area contributed by atoms with Gasteiger partial charge in [-0.2, -0.15) is 0 Å². The fraction of sp³-hybridized carbons (Fsp3) is 0.647. The van der Waals surface area contributed by atoms with Crippen molar-refractivity contribution in [2.75, 3.05) is 45.0 Å². The zero-order chi connectivity index (χ0) is 13.4. The van der Waals surface area contributed by atoms with Crippen LogP contribution < -0.4 is 0 Å². The van der Waals surface area contributed by atoms with Crippen LogP contribution in [-0.2, 0) is 0 Å². The molecule has 1 aromatic rings. The molecular formula is C17H24N2S. The summed E-state index contributed by atoms with van der Waals surface area (Å²) >= 11 is 2.04. The van der Waals surface area contributed by atoms with Crippen LogP contribution in [0.2, 0.25) is 0 Å². The molecule has 0 bridgehead atoms. The van der Waals surface area contributed by atoms with Crippen molar-refractivity contribution < 1.29 is 0 Å². The van der Waals surface area contributed by atoms with Crippen LogP contribution >= 0.6 is 11.8 Å². The molecule has 1 saturated heterocycles. The molecule has 3 aliphatic rings. The lowest BCUT2D eigenvalue weighted by Crippen LogP contribution is -2.48. The van der Waals surface area contributed by atoms with E-state index in [1.54, 1.807) is 5.56 Å². The predicted octanol–water partition coefficient (Wildman–Crippen LogP) is 2.90. The number of piperazine rings is 1. The van der Waals surface area contributed by atoms with Gasteiger partial charge in [-0.25, -0.2) is 0 Å². The molecule has 1 saturated carbocycles. The summed E-state index contributed by atoms with van der Waals surface area (Å²) in [7, 11) is 0. The van der Waals surface area contributed by atoms with E-state index in [9.17, 15) is 0 Å². The Labute approximate surface area is 126 Å². The molecule has 0 aromatic heterocycles. The molecule has 1 aromatic carbocycles. The van der Waals surface area contributed by atoms with E-state index < -0.39 is 0 Å². The summed E-state index contributed by atoms with van der Waals surface area (Å²) in [5.41, 5.74) is 1.60. The third-order valence-electron chi connectivity index (χ3n) is 4.96. The quantitative estimate of drug-likeness (QED) is 0.841. The second-order valence-corrected chi connectivity index (χ2v) is 7.65. The zero-order valence-corrected chi connectivity index (χ0v) is 12.9. The van der Waals surface area contributed by atoms with Gasteiger partial charge < -0.3 is 9.80 Å². The Hall–Kier alpha value is -0.510. The fourth-order valence-corrected chi connectivity index (χ4v) is 4.75. The minimum absolute atomic E-state index is 0.756. The molecule has 20 heavy (non-hydrogen) atoms. The Morgan fingerprint density at radius 2 is 1.65 bits per heavy atom. The van der Waals surface area contributed by atoms with Gasteiger partial charge in [-0.05, 0) is 30.4 Å². The van der Waals surface area contributed by atoms with E-state index in [0.717, 1.165) is 11.8 Å². The first-order valence-corrected chi connectivity index (χ1v) is 9.03. The van der Waals surface area contributed by atoms with Crippen molar-refractivity contribution in [2.24, 2.45) is 5.92 Å². The molecule has 0 spiro atoms. The van der Waals surface area contributed by atoms with Gasteiger partial charge in [0.05, 0.1) is 0 Å². The Bertz CT molecular complexity index is 464. The lowest BCUT2D eigenvalue weighted by molar-refractivity contribution is 0.125. The number of hydrogen-bond acceptors (Lipinski definition) is 3. The fourth-order valence-electron chi connectivity index (χ4n) is 3.51. The molecule has 0 amide bonds. The van der Waals surface area contributed by atoms with E-state index in [4.69, 9.17) is 0 Å². The van der Waals surface area contributed by atoms with Crippen LogP contribution in [0.5, 0.6) is 0 Å². The van der Waals surface area contributed by atoms with Gasteiger partial charge in [0.2, 0.25) is 0 Å². The summed E-state index contributed by atoms with van der Waals surface area (Å²) in [6, 6.07) is 8.99. The highest BCUT2D eigenvalue weighted by atomic mass is 32.2. The van der Waals surface area contributed by atoms with Gasteiger partial charge in [-0.15, -0.1) is 11.8 Å². The topological polar surface area (TPSA) is 6.48 Å². The molecule has 2 heterocycles. The standard InChI is InChI=1S/C17H24N2S/c1-2-4-17-16(3-1)15(13-20-17)12-19-9-7-18(8-10-19)11-14-5-6-14/h1-4,14-15H,5-13H2. The first kappa shape index (κ1) is 13.2. The van der Waals surface area contributed by atoms with Crippen molar-refractivity contribution in [3.63, 3.8) is 0 Å². The largest absolute Gasteiger partial charge is 0.301 e. The molecule has 3 heteroatoms. The average molecular weight is 288 g/mol. The maximum absolute atomic E-state index is 2.69. The van der Waals surface area contributed by atoms with E-state index in [2.05, 4.69) is 34.1 Å². The summed E-state index contributed by atoms with van der Waals surface area (Å²) in [5, 5.41) is 0. The summed E-state index contributed by atoms with van der Waals surface area (Å²) in [5.74, 6) is 3.08. The van der Waals surface area contributed by atoms with Crippen LogP contribution in [0.1, 0.15) is 24.3 Å². The van der Waals surface area contributed by atoms with Crippen LogP contribution in [0.15, 0.2) is 29.2 Å². The molecule has 0 radical (unpaired) electrons. The van der Waals surface area contributed by atoms with E-state index in [-0.39, 0.29) is 0 Å². The molecule has 4 rings (SSSR count). The van der Waals surface area contributed by atoms with Crippen LogP contribution in [0.25, 0.3) is 0 Å². The third kappa shape index (κ3) is 2.90. The Morgan fingerprint density at radius 1 is 0.950 bits per heavy atom. The van der Waals surface area contributed by atoms with E-state index >= 15 is 0 Å². The monoisotopic (exact) mass is 288 g/mol. The number of rotatable bonds is 4. The molecule has 2 aliphatic heterocycles. The van der Waals surface area contributed by atoms with Crippen molar-refractivity contribution in [1.29, 1.82) is 0 Å². The van der Waals surface area contributed by atoms with E-state index in [1.165, 1.54) is 62.8 Å². The van der Waals surface area contributed by atoms with Crippen molar-refractivity contribution >= 4 is 11.8 Å². The van der Waals surface area contributed by atoms with Crippen molar-refractivity contribution in [3.05, 3.63) is 29.8 Å². The summed E-state index contributed by atoms with van der Waals surface area (Å²) in [6.45, 7) is 7.76. The summed E-state index contributed by atoms with van der Waals surface area (Å²) < 4.78 is 0. The van der Waals surface area contributed by atoms with Crippen molar-refractivity contribution in [3.8, 4) is 0 Å². The predicted molar refractivity (Wildman–Crippen MR) is 85.5 cm³/mol. The van der Waals surface area contributed by atoms with E-state index in [0.29, 0.717) is 0 Å². The summed E-state index contributed by atoms with van der Waals surface area (Å²) in [4.78, 5) is 6.90. The second-order valence-electron chi connectivity index (χ2n) is 6.59. The lowest BCUT2D eigenvalue weighted by atomic mass is 10.0. The van der Waals surface area contributed by atoms with Gasteiger partial charge >= 0.3 is 0 Å². The average Bonchev–Trinajstić information content (AvgIpc) is 3.21. The molecule has 1 unspecified atom stereocenters.